The van der Waals surface area contributed by atoms with E-state index >= 15 is 0 Å². The molecule has 0 saturated carbocycles. The molecule has 6 heteroatoms. The Morgan fingerprint density at radius 3 is 2.52 bits per heavy atom. The predicted molar refractivity (Wildman–Crippen MR) is 108 cm³/mol. The molecule has 1 heterocycles. The van der Waals surface area contributed by atoms with Crippen molar-refractivity contribution in [1.29, 1.82) is 0 Å². The van der Waals surface area contributed by atoms with E-state index in [0.29, 0.717) is 12.6 Å². The molecule has 3 rings (SSSR count). The summed E-state index contributed by atoms with van der Waals surface area (Å²) in [7, 11) is 3.40. The Hall–Kier alpha value is -2.73. The number of methoxy groups -OCH3 is 2. The lowest BCUT2D eigenvalue weighted by Crippen LogP contribution is -2.39. The summed E-state index contributed by atoms with van der Waals surface area (Å²) in [5.41, 5.74) is 2.94. The molecule has 2 N–H and O–H groups in total. The first kappa shape index (κ1) is 19.0. The van der Waals surface area contributed by atoms with Gasteiger partial charge in [-0.3, -0.25) is 0 Å². The highest BCUT2D eigenvalue weighted by atomic mass is 16.5. The molecule has 2 aromatic carbocycles. The predicted octanol–water partition coefficient (Wildman–Crippen LogP) is 3.63. The van der Waals surface area contributed by atoms with Crippen LogP contribution in [0.4, 0.5) is 16.2 Å². The van der Waals surface area contributed by atoms with Crippen LogP contribution in [0.25, 0.3) is 0 Å². The first-order valence-electron chi connectivity index (χ1n) is 9.23. The molecule has 1 aliphatic heterocycles. The highest BCUT2D eigenvalue weighted by Gasteiger charge is 2.19. The molecule has 2 aromatic rings. The lowest BCUT2D eigenvalue weighted by molar-refractivity contribution is 0.0893. The van der Waals surface area contributed by atoms with Crippen molar-refractivity contribution >= 4 is 17.4 Å². The van der Waals surface area contributed by atoms with Crippen LogP contribution in [-0.4, -0.2) is 39.4 Å². The molecule has 0 radical (unpaired) electrons. The van der Waals surface area contributed by atoms with Crippen molar-refractivity contribution in [2.24, 2.45) is 0 Å². The van der Waals surface area contributed by atoms with Gasteiger partial charge in [0.05, 0.1) is 13.2 Å². The molecule has 0 aromatic heterocycles. The van der Waals surface area contributed by atoms with Crippen molar-refractivity contribution in [1.82, 2.24) is 5.32 Å². The van der Waals surface area contributed by atoms with Gasteiger partial charge in [-0.05, 0) is 54.8 Å². The zero-order chi connectivity index (χ0) is 19.1. The van der Waals surface area contributed by atoms with Crippen molar-refractivity contribution in [3.05, 3.63) is 54.1 Å². The fraction of sp³-hybridized carbons (Fsp3) is 0.381. The molecule has 144 valence electrons. The second-order valence-electron chi connectivity index (χ2n) is 6.65. The quantitative estimate of drug-likeness (QED) is 0.816. The average molecular weight is 369 g/mol. The summed E-state index contributed by atoms with van der Waals surface area (Å²) in [5, 5.41) is 5.73. The van der Waals surface area contributed by atoms with Crippen LogP contribution in [0, 0.1) is 0 Å². The highest BCUT2D eigenvalue weighted by molar-refractivity contribution is 5.89. The molecule has 1 unspecified atom stereocenters. The smallest absolute Gasteiger partial charge is 0.319 e. The Morgan fingerprint density at radius 1 is 1.11 bits per heavy atom. The zero-order valence-corrected chi connectivity index (χ0v) is 15.9. The van der Waals surface area contributed by atoms with E-state index in [1.165, 1.54) is 0 Å². The molecular weight excluding hydrogens is 342 g/mol. The van der Waals surface area contributed by atoms with Gasteiger partial charge in [0.2, 0.25) is 0 Å². The van der Waals surface area contributed by atoms with Gasteiger partial charge in [0.15, 0.2) is 0 Å². The number of nitrogens with one attached hydrogen (secondary N) is 2. The van der Waals surface area contributed by atoms with Gasteiger partial charge in [-0.15, -0.1) is 0 Å². The number of benzene rings is 2. The highest BCUT2D eigenvalue weighted by Crippen LogP contribution is 2.23. The first-order chi connectivity index (χ1) is 13.2. The van der Waals surface area contributed by atoms with Crippen molar-refractivity contribution < 1.29 is 14.3 Å². The van der Waals surface area contributed by atoms with Crippen LogP contribution < -0.4 is 20.3 Å². The maximum atomic E-state index is 12.1. The Balaban J connectivity index is 1.49. The third-order valence-corrected chi connectivity index (χ3v) is 4.81. The molecule has 0 spiro atoms. The minimum absolute atomic E-state index is 0.226. The van der Waals surface area contributed by atoms with Crippen molar-refractivity contribution in [2.45, 2.75) is 25.5 Å². The van der Waals surface area contributed by atoms with Crippen LogP contribution in [0.2, 0.25) is 0 Å². The number of urea groups is 1. The molecule has 1 aliphatic rings. The van der Waals surface area contributed by atoms with Crippen LogP contribution in [-0.2, 0) is 11.3 Å². The topological polar surface area (TPSA) is 62.8 Å². The fourth-order valence-electron chi connectivity index (χ4n) is 3.22. The standard InChI is InChI=1S/C21H27N3O3/c1-26-19-11-5-16(6-12-19)14-22-21(25)23-17-7-9-18(10-8-17)24-13-3-4-20(15-24)27-2/h5-12,20H,3-4,13-15H2,1-2H3,(H2,22,23,25). The van der Waals surface area contributed by atoms with Crippen molar-refractivity contribution in [2.75, 3.05) is 37.5 Å². The molecule has 6 nitrogen and oxygen atoms in total. The van der Waals surface area contributed by atoms with Crippen LogP contribution in [0.5, 0.6) is 5.75 Å². The molecule has 27 heavy (non-hydrogen) atoms. The van der Waals surface area contributed by atoms with Gasteiger partial charge in [-0.2, -0.15) is 0 Å². The van der Waals surface area contributed by atoms with Gasteiger partial charge in [-0.1, -0.05) is 12.1 Å². The van der Waals surface area contributed by atoms with Crippen LogP contribution in [0.3, 0.4) is 0 Å². The van der Waals surface area contributed by atoms with E-state index in [-0.39, 0.29) is 6.03 Å². The summed E-state index contributed by atoms with van der Waals surface area (Å²) in [6, 6.07) is 15.3. The van der Waals surface area contributed by atoms with Crippen LogP contribution >= 0.6 is 0 Å². The van der Waals surface area contributed by atoms with Gasteiger partial charge in [0.1, 0.15) is 5.75 Å². The lowest BCUT2D eigenvalue weighted by Gasteiger charge is -2.33. The molecule has 2 amide bonds. The summed E-state index contributed by atoms with van der Waals surface area (Å²) in [5.74, 6) is 0.800. The van der Waals surface area contributed by atoms with E-state index in [9.17, 15) is 4.79 Å². The number of ether oxygens (including phenoxy) is 2. The fourth-order valence-corrected chi connectivity index (χ4v) is 3.22. The van der Waals surface area contributed by atoms with E-state index in [1.807, 2.05) is 48.5 Å². The SMILES string of the molecule is COc1ccc(CNC(=O)Nc2ccc(N3CCCC(OC)C3)cc2)cc1. The van der Waals surface area contributed by atoms with Gasteiger partial charge in [0, 0.05) is 38.1 Å². The number of piperidine rings is 1. The third-order valence-electron chi connectivity index (χ3n) is 4.81. The summed E-state index contributed by atoms with van der Waals surface area (Å²) < 4.78 is 10.6. The zero-order valence-electron chi connectivity index (χ0n) is 15.9. The minimum Gasteiger partial charge on any atom is -0.497 e. The number of hydrogen-bond acceptors (Lipinski definition) is 4. The van der Waals surface area contributed by atoms with Crippen molar-refractivity contribution in [3.8, 4) is 5.75 Å². The Kier molecular flexibility index (Phi) is 6.54. The summed E-state index contributed by atoms with van der Waals surface area (Å²) in [6.07, 6.45) is 2.54. The Labute approximate surface area is 160 Å². The Bertz CT molecular complexity index is 731. The third kappa shape index (κ3) is 5.37. The second-order valence-corrected chi connectivity index (χ2v) is 6.65. The molecule has 1 fully saturated rings. The Morgan fingerprint density at radius 2 is 1.85 bits per heavy atom. The summed E-state index contributed by atoms with van der Waals surface area (Å²) >= 11 is 0. The molecule has 1 saturated heterocycles. The van der Waals surface area contributed by atoms with Crippen LogP contribution in [0.1, 0.15) is 18.4 Å². The van der Waals surface area contributed by atoms with Gasteiger partial charge in [0.25, 0.3) is 0 Å². The number of hydrogen-bond donors (Lipinski definition) is 2. The normalized spacial score (nSPS) is 16.7. The number of rotatable bonds is 6. The van der Waals surface area contributed by atoms with E-state index in [1.54, 1.807) is 14.2 Å². The van der Waals surface area contributed by atoms with E-state index in [2.05, 4.69) is 15.5 Å². The maximum Gasteiger partial charge on any atom is 0.319 e. The largest absolute Gasteiger partial charge is 0.497 e. The summed E-state index contributed by atoms with van der Waals surface area (Å²) in [4.78, 5) is 14.4. The minimum atomic E-state index is -0.226. The lowest BCUT2D eigenvalue weighted by atomic mass is 10.1. The number of carbonyl (C=O) groups excluding carboxylic acids is 1. The van der Waals surface area contributed by atoms with Crippen molar-refractivity contribution in [3.63, 3.8) is 0 Å². The molecule has 0 bridgehead atoms. The monoisotopic (exact) mass is 369 g/mol. The maximum absolute atomic E-state index is 12.1. The first-order valence-corrected chi connectivity index (χ1v) is 9.23. The van der Waals surface area contributed by atoms with Gasteiger partial charge in [-0.25, -0.2) is 4.79 Å². The van der Waals surface area contributed by atoms with Crippen LogP contribution in [0.15, 0.2) is 48.5 Å². The average Bonchev–Trinajstić information content (AvgIpc) is 2.73. The number of nitrogens with zero attached hydrogens (tertiary/aromatic N) is 1. The number of anilines is 2. The van der Waals surface area contributed by atoms with E-state index in [0.717, 1.165) is 48.6 Å². The van der Waals surface area contributed by atoms with E-state index in [4.69, 9.17) is 9.47 Å². The molecule has 1 atom stereocenters. The van der Waals surface area contributed by atoms with Gasteiger partial charge < -0.3 is 25.0 Å². The number of amides is 2. The van der Waals surface area contributed by atoms with E-state index < -0.39 is 0 Å². The molecule has 0 aliphatic carbocycles. The second kappa shape index (κ2) is 9.28. The number of carbonyl (C=O) groups is 1. The molecular formula is C21H27N3O3. The van der Waals surface area contributed by atoms with Gasteiger partial charge >= 0.3 is 6.03 Å². The summed E-state index contributed by atoms with van der Waals surface area (Å²) in [6.45, 7) is 2.40.